The molecule has 2 aromatic rings. The number of nitrogens with zero attached hydrogens (tertiary/aromatic N) is 4. The highest BCUT2D eigenvalue weighted by Crippen LogP contribution is 2.33. The lowest BCUT2D eigenvalue weighted by molar-refractivity contribution is -0.138. The number of carboxylic acid groups (broad SMARTS) is 1. The molecule has 0 amide bonds. The summed E-state index contributed by atoms with van der Waals surface area (Å²) < 4.78 is 0. The van der Waals surface area contributed by atoms with E-state index in [2.05, 4.69) is 30.7 Å². The van der Waals surface area contributed by atoms with Gasteiger partial charge in [-0.15, -0.1) is 11.3 Å². The fraction of sp³-hybridized carbons (Fsp3) is 0.571. The maximum absolute atomic E-state index is 11.1. The Morgan fingerprint density at radius 1 is 1.55 bits per heavy atom. The Bertz CT molecular complexity index is 627. The van der Waals surface area contributed by atoms with E-state index in [9.17, 15) is 4.79 Å². The molecule has 0 unspecified atom stereocenters. The minimum Gasteiger partial charge on any atom is -0.481 e. The van der Waals surface area contributed by atoms with E-state index in [1.165, 1.54) is 0 Å². The van der Waals surface area contributed by atoms with Crippen molar-refractivity contribution < 1.29 is 9.90 Å². The van der Waals surface area contributed by atoms with Gasteiger partial charge in [0.15, 0.2) is 0 Å². The largest absolute Gasteiger partial charge is 0.481 e. The lowest BCUT2D eigenvalue weighted by Crippen LogP contribution is -2.24. The predicted molar refractivity (Wildman–Crippen MR) is 81.9 cm³/mol. The quantitative estimate of drug-likeness (QED) is 0.833. The lowest BCUT2D eigenvalue weighted by Gasteiger charge is -2.14. The van der Waals surface area contributed by atoms with E-state index in [-0.39, 0.29) is 18.3 Å². The van der Waals surface area contributed by atoms with E-state index in [0.717, 1.165) is 42.5 Å². The topological polar surface area (TPSA) is 95.0 Å². The number of aromatic amines is 1. The smallest absolute Gasteiger partial charge is 0.303 e. The highest BCUT2D eigenvalue weighted by atomic mass is 32.1. The maximum Gasteiger partial charge on any atom is 0.303 e. The van der Waals surface area contributed by atoms with Crippen molar-refractivity contribution in [3.8, 4) is 0 Å². The minimum atomic E-state index is -0.754. The second-order valence-corrected chi connectivity index (χ2v) is 6.79. The van der Waals surface area contributed by atoms with Crippen LogP contribution in [-0.2, 0) is 11.2 Å². The molecule has 0 aromatic carbocycles. The predicted octanol–water partition coefficient (Wildman–Crippen LogP) is 1.30. The molecule has 0 radical (unpaired) electrons. The van der Waals surface area contributed by atoms with Crippen molar-refractivity contribution in [2.24, 2.45) is 5.92 Å². The molecule has 0 spiro atoms. The monoisotopic (exact) mass is 321 g/mol. The molecule has 3 heterocycles. The molecule has 1 aliphatic rings. The van der Waals surface area contributed by atoms with Crippen molar-refractivity contribution in [1.29, 1.82) is 0 Å². The Kier molecular flexibility index (Phi) is 4.49. The summed E-state index contributed by atoms with van der Waals surface area (Å²) in [6, 6.07) is 0. The molecule has 2 N–H and O–H groups in total. The second kappa shape index (κ2) is 6.53. The van der Waals surface area contributed by atoms with Crippen LogP contribution in [0.4, 0.5) is 0 Å². The van der Waals surface area contributed by atoms with Crippen molar-refractivity contribution in [3.05, 3.63) is 28.0 Å². The number of likely N-dealkylation sites (tertiary alicyclic amines) is 1. The van der Waals surface area contributed by atoms with Crippen molar-refractivity contribution in [3.63, 3.8) is 0 Å². The summed E-state index contributed by atoms with van der Waals surface area (Å²) in [5.41, 5.74) is 1.97. The molecule has 8 heteroatoms. The summed E-state index contributed by atoms with van der Waals surface area (Å²) in [5, 5.41) is 22.9. The van der Waals surface area contributed by atoms with E-state index in [4.69, 9.17) is 5.11 Å². The number of hydrogen-bond donors (Lipinski definition) is 2. The fourth-order valence-corrected chi connectivity index (χ4v) is 3.74. The van der Waals surface area contributed by atoms with Gasteiger partial charge in [0.2, 0.25) is 0 Å². The molecule has 3 rings (SSSR count). The van der Waals surface area contributed by atoms with Gasteiger partial charge in [0.05, 0.1) is 29.0 Å². The molecule has 2 aromatic heterocycles. The first-order valence-corrected chi connectivity index (χ1v) is 8.20. The van der Waals surface area contributed by atoms with Gasteiger partial charge in [-0.3, -0.25) is 4.79 Å². The second-order valence-electron chi connectivity index (χ2n) is 5.73. The standard InChI is InChI=1S/C14H19N5O2S/c1-9-16-11(8-22-9)2-3-19-6-10(4-14(20)21)12(7-19)13-5-15-18-17-13/h5,8,10,12H,2-4,6-7H2,1H3,(H,20,21)(H,15,17,18)/t10-,12+/m1/s1. The molecular formula is C14H19N5O2S. The van der Waals surface area contributed by atoms with Crippen LogP contribution in [0.25, 0.3) is 0 Å². The lowest BCUT2D eigenvalue weighted by atomic mass is 9.91. The SMILES string of the molecule is Cc1nc(CCN2C[C@@H](CC(=O)O)[C@@H](c3cn[nH]n3)C2)cs1. The number of thiazole rings is 1. The van der Waals surface area contributed by atoms with Gasteiger partial charge in [-0.25, -0.2) is 4.98 Å². The van der Waals surface area contributed by atoms with Crippen molar-refractivity contribution in [2.75, 3.05) is 19.6 Å². The maximum atomic E-state index is 11.1. The molecule has 0 aliphatic carbocycles. The number of aryl methyl sites for hydroxylation is 1. The van der Waals surface area contributed by atoms with Gasteiger partial charge in [-0.2, -0.15) is 15.4 Å². The van der Waals surface area contributed by atoms with E-state index in [1.807, 2.05) is 6.92 Å². The number of carboxylic acids is 1. The molecule has 0 saturated carbocycles. The third kappa shape index (κ3) is 3.50. The molecule has 1 saturated heterocycles. The molecule has 118 valence electrons. The average Bonchev–Trinajstić information content (AvgIpc) is 3.16. The molecular weight excluding hydrogens is 302 g/mol. The molecule has 22 heavy (non-hydrogen) atoms. The third-order valence-corrected chi connectivity index (χ3v) is 4.94. The van der Waals surface area contributed by atoms with Crippen LogP contribution < -0.4 is 0 Å². The minimum absolute atomic E-state index is 0.0831. The molecule has 0 bridgehead atoms. The molecule has 2 atom stereocenters. The Labute approximate surface area is 132 Å². The van der Waals surface area contributed by atoms with Gasteiger partial charge in [0.25, 0.3) is 0 Å². The van der Waals surface area contributed by atoms with Gasteiger partial charge in [0, 0.05) is 37.4 Å². The van der Waals surface area contributed by atoms with Gasteiger partial charge < -0.3 is 10.0 Å². The van der Waals surface area contributed by atoms with Crippen LogP contribution in [0.3, 0.4) is 0 Å². The fourth-order valence-electron chi connectivity index (χ4n) is 3.09. The Morgan fingerprint density at radius 2 is 2.41 bits per heavy atom. The van der Waals surface area contributed by atoms with Crippen LogP contribution in [0.5, 0.6) is 0 Å². The number of hydrogen-bond acceptors (Lipinski definition) is 6. The number of H-pyrrole nitrogens is 1. The summed E-state index contributed by atoms with van der Waals surface area (Å²) in [5.74, 6) is -0.540. The number of aromatic nitrogens is 4. The van der Waals surface area contributed by atoms with Crippen LogP contribution in [0, 0.1) is 12.8 Å². The zero-order valence-corrected chi connectivity index (χ0v) is 13.2. The number of aliphatic carboxylic acids is 1. The summed E-state index contributed by atoms with van der Waals surface area (Å²) >= 11 is 1.66. The van der Waals surface area contributed by atoms with Crippen LogP contribution in [-0.4, -0.2) is 56.0 Å². The highest BCUT2D eigenvalue weighted by molar-refractivity contribution is 7.09. The molecule has 1 fully saturated rings. The zero-order valence-electron chi connectivity index (χ0n) is 12.4. The summed E-state index contributed by atoms with van der Waals surface area (Å²) in [7, 11) is 0. The molecule has 1 aliphatic heterocycles. The number of nitrogens with one attached hydrogen (secondary N) is 1. The molecule has 7 nitrogen and oxygen atoms in total. The summed E-state index contributed by atoms with van der Waals surface area (Å²) in [6.45, 7) is 4.52. The normalized spacial score (nSPS) is 22.2. The van der Waals surface area contributed by atoms with E-state index in [1.54, 1.807) is 17.5 Å². The highest BCUT2D eigenvalue weighted by Gasteiger charge is 2.36. The Balaban J connectivity index is 1.63. The van der Waals surface area contributed by atoms with Gasteiger partial charge in [0.1, 0.15) is 0 Å². The summed E-state index contributed by atoms with van der Waals surface area (Å²) in [4.78, 5) is 17.9. The van der Waals surface area contributed by atoms with E-state index in [0.29, 0.717) is 0 Å². The van der Waals surface area contributed by atoms with Crippen LogP contribution >= 0.6 is 11.3 Å². The Morgan fingerprint density at radius 3 is 3.05 bits per heavy atom. The van der Waals surface area contributed by atoms with Crippen LogP contribution in [0.15, 0.2) is 11.6 Å². The first-order chi connectivity index (χ1) is 10.6. The number of carbonyl (C=O) groups is 1. The van der Waals surface area contributed by atoms with Crippen molar-refractivity contribution in [1.82, 2.24) is 25.3 Å². The van der Waals surface area contributed by atoms with E-state index >= 15 is 0 Å². The van der Waals surface area contributed by atoms with Crippen molar-refractivity contribution in [2.45, 2.75) is 25.7 Å². The van der Waals surface area contributed by atoms with Crippen LogP contribution in [0.2, 0.25) is 0 Å². The number of rotatable bonds is 6. The summed E-state index contributed by atoms with van der Waals surface area (Å²) in [6.07, 6.45) is 2.77. The van der Waals surface area contributed by atoms with Gasteiger partial charge in [-0.05, 0) is 12.8 Å². The zero-order chi connectivity index (χ0) is 15.5. The van der Waals surface area contributed by atoms with Gasteiger partial charge >= 0.3 is 5.97 Å². The third-order valence-electron chi connectivity index (χ3n) is 4.12. The van der Waals surface area contributed by atoms with Gasteiger partial charge in [-0.1, -0.05) is 0 Å². The van der Waals surface area contributed by atoms with Crippen molar-refractivity contribution >= 4 is 17.3 Å². The van der Waals surface area contributed by atoms with Crippen LogP contribution in [0.1, 0.15) is 28.7 Å². The van der Waals surface area contributed by atoms with E-state index < -0.39 is 5.97 Å². The average molecular weight is 321 g/mol. The first-order valence-electron chi connectivity index (χ1n) is 7.32. The first kappa shape index (κ1) is 15.1. The Hall–Kier alpha value is -1.80.